The van der Waals surface area contributed by atoms with Crippen molar-refractivity contribution in [2.24, 2.45) is 7.05 Å². The maximum Gasteiger partial charge on any atom is 0.177 e. The average Bonchev–Trinajstić information content (AvgIpc) is 2.59. The molecule has 0 aromatic carbocycles. The van der Waals surface area contributed by atoms with Crippen LogP contribution in [0.1, 0.15) is 5.82 Å². The fourth-order valence-corrected chi connectivity index (χ4v) is 0.795. The molecule has 0 aliphatic carbocycles. The van der Waals surface area contributed by atoms with Crippen molar-refractivity contribution in [3.05, 3.63) is 5.82 Å². The minimum absolute atomic E-state index is 0.351. The number of ether oxygens (including phenoxy) is 1. The molecular formula is C5H8N4O. The summed E-state index contributed by atoms with van der Waals surface area (Å²) in [6, 6.07) is 0. The van der Waals surface area contributed by atoms with E-state index < -0.39 is 0 Å². The van der Waals surface area contributed by atoms with Crippen molar-refractivity contribution < 1.29 is 4.74 Å². The number of rotatable bonds is 2. The monoisotopic (exact) mass is 140 g/mol. The highest BCUT2D eigenvalue weighted by atomic mass is 16.6. The number of aryl methyl sites for hydroxylation is 1. The zero-order chi connectivity index (χ0) is 6.97. The maximum absolute atomic E-state index is 5.00. The zero-order valence-electron chi connectivity index (χ0n) is 5.69. The van der Waals surface area contributed by atoms with Crippen LogP contribution in [-0.4, -0.2) is 32.9 Å². The third-order valence-corrected chi connectivity index (χ3v) is 1.36. The normalized spacial score (nSPS) is 23.1. The van der Waals surface area contributed by atoms with Crippen LogP contribution in [0.15, 0.2) is 0 Å². The van der Waals surface area contributed by atoms with E-state index in [0.717, 1.165) is 18.9 Å². The van der Waals surface area contributed by atoms with E-state index in [0.29, 0.717) is 6.10 Å². The van der Waals surface area contributed by atoms with Crippen molar-refractivity contribution in [2.75, 3.05) is 6.61 Å². The number of epoxide rings is 1. The number of hydrogen-bond acceptors (Lipinski definition) is 4. The predicted molar refractivity (Wildman–Crippen MR) is 32.2 cm³/mol. The minimum atomic E-state index is 0.351. The summed E-state index contributed by atoms with van der Waals surface area (Å²) in [7, 11) is 1.75. The van der Waals surface area contributed by atoms with Crippen molar-refractivity contribution in [1.82, 2.24) is 20.2 Å². The van der Waals surface area contributed by atoms with Crippen molar-refractivity contribution in [3.63, 3.8) is 0 Å². The van der Waals surface area contributed by atoms with Gasteiger partial charge in [-0.2, -0.15) is 4.80 Å². The molecular weight excluding hydrogens is 132 g/mol. The summed E-state index contributed by atoms with van der Waals surface area (Å²) in [4.78, 5) is 1.46. The van der Waals surface area contributed by atoms with Crippen LogP contribution in [0.2, 0.25) is 0 Å². The van der Waals surface area contributed by atoms with Crippen LogP contribution in [0.3, 0.4) is 0 Å². The van der Waals surface area contributed by atoms with Gasteiger partial charge in [-0.25, -0.2) is 0 Å². The molecule has 2 rings (SSSR count). The molecule has 1 saturated heterocycles. The maximum atomic E-state index is 5.00. The van der Waals surface area contributed by atoms with Crippen LogP contribution in [0.4, 0.5) is 0 Å². The molecule has 5 nitrogen and oxygen atoms in total. The van der Waals surface area contributed by atoms with Gasteiger partial charge in [0.15, 0.2) is 5.82 Å². The van der Waals surface area contributed by atoms with Crippen LogP contribution >= 0.6 is 0 Å². The smallest absolute Gasteiger partial charge is 0.177 e. The lowest BCUT2D eigenvalue weighted by molar-refractivity contribution is 0.404. The Bertz CT molecular complexity index is 229. The van der Waals surface area contributed by atoms with E-state index in [2.05, 4.69) is 15.4 Å². The Kier molecular flexibility index (Phi) is 1.17. The lowest BCUT2D eigenvalue weighted by atomic mass is 10.3. The molecule has 1 aromatic rings. The minimum Gasteiger partial charge on any atom is -0.373 e. The quantitative estimate of drug-likeness (QED) is 0.502. The van der Waals surface area contributed by atoms with Gasteiger partial charge in [0.25, 0.3) is 0 Å². The summed E-state index contributed by atoms with van der Waals surface area (Å²) in [6.45, 7) is 0.845. The largest absolute Gasteiger partial charge is 0.373 e. The highest BCUT2D eigenvalue weighted by molar-refractivity contribution is 4.85. The van der Waals surface area contributed by atoms with E-state index in [4.69, 9.17) is 4.74 Å². The molecule has 5 heteroatoms. The zero-order valence-corrected chi connectivity index (χ0v) is 5.69. The summed E-state index contributed by atoms with van der Waals surface area (Å²) >= 11 is 0. The van der Waals surface area contributed by atoms with E-state index in [1.54, 1.807) is 7.05 Å². The van der Waals surface area contributed by atoms with E-state index in [-0.39, 0.29) is 0 Å². The van der Waals surface area contributed by atoms with Crippen LogP contribution < -0.4 is 0 Å². The standard InChI is InChI=1S/C5H8N4O/c1-9-7-5(6-8-9)2-4-3-10-4/h4H,2-3H2,1H3. The first kappa shape index (κ1) is 5.79. The van der Waals surface area contributed by atoms with Crippen molar-refractivity contribution in [3.8, 4) is 0 Å². The van der Waals surface area contributed by atoms with E-state index in [1.165, 1.54) is 4.80 Å². The first-order chi connectivity index (χ1) is 4.84. The van der Waals surface area contributed by atoms with Gasteiger partial charge < -0.3 is 4.74 Å². The Hall–Kier alpha value is -0.970. The molecule has 1 fully saturated rings. The fraction of sp³-hybridized carbons (Fsp3) is 0.800. The molecule has 1 unspecified atom stereocenters. The van der Waals surface area contributed by atoms with Gasteiger partial charge in [0.2, 0.25) is 0 Å². The molecule has 54 valence electrons. The summed E-state index contributed by atoms with van der Waals surface area (Å²) in [5.74, 6) is 0.769. The van der Waals surface area contributed by atoms with E-state index >= 15 is 0 Å². The predicted octanol–water partition coefficient (Wildman–Crippen LogP) is -0.849. The van der Waals surface area contributed by atoms with Crippen LogP contribution in [0, 0.1) is 0 Å². The molecule has 0 bridgehead atoms. The highest BCUT2D eigenvalue weighted by Gasteiger charge is 2.24. The Morgan fingerprint density at radius 1 is 1.80 bits per heavy atom. The molecule has 1 aromatic heterocycles. The first-order valence-electron chi connectivity index (χ1n) is 3.19. The van der Waals surface area contributed by atoms with Gasteiger partial charge in [0.1, 0.15) is 0 Å². The second-order valence-corrected chi connectivity index (χ2v) is 2.35. The summed E-state index contributed by atoms with van der Waals surface area (Å²) in [6.07, 6.45) is 1.15. The second kappa shape index (κ2) is 2.02. The van der Waals surface area contributed by atoms with E-state index in [1.807, 2.05) is 0 Å². The lowest BCUT2D eigenvalue weighted by Gasteiger charge is -1.83. The molecule has 1 atom stereocenters. The third kappa shape index (κ3) is 1.13. The number of hydrogen-bond donors (Lipinski definition) is 0. The molecule has 0 spiro atoms. The van der Waals surface area contributed by atoms with Crippen molar-refractivity contribution in [1.29, 1.82) is 0 Å². The summed E-state index contributed by atoms with van der Waals surface area (Å²) in [5, 5.41) is 11.5. The molecule has 0 N–H and O–H groups in total. The topological polar surface area (TPSA) is 56.1 Å². The molecule has 1 aliphatic heterocycles. The Morgan fingerprint density at radius 3 is 3.10 bits per heavy atom. The van der Waals surface area contributed by atoms with Crippen molar-refractivity contribution >= 4 is 0 Å². The number of aromatic nitrogens is 4. The molecule has 0 amide bonds. The molecule has 10 heavy (non-hydrogen) atoms. The summed E-state index contributed by atoms with van der Waals surface area (Å²) in [5.41, 5.74) is 0. The van der Waals surface area contributed by atoms with Gasteiger partial charge in [0, 0.05) is 6.42 Å². The van der Waals surface area contributed by atoms with Crippen LogP contribution in [0.5, 0.6) is 0 Å². The van der Waals surface area contributed by atoms with Crippen LogP contribution in [0.25, 0.3) is 0 Å². The van der Waals surface area contributed by atoms with Crippen LogP contribution in [-0.2, 0) is 18.2 Å². The van der Waals surface area contributed by atoms with Gasteiger partial charge in [-0.3, -0.25) is 0 Å². The number of nitrogens with zero attached hydrogens (tertiary/aromatic N) is 4. The van der Waals surface area contributed by atoms with Gasteiger partial charge in [0.05, 0.1) is 19.8 Å². The van der Waals surface area contributed by atoms with Crippen molar-refractivity contribution in [2.45, 2.75) is 12.5 Å². The second-order valence-electron chi connectivity index (χ2n) is 2.35. The van der Waals surface area contributed by atoms with Gasteiger partial charge in [-0.05, 0) is 5.21 Å². The molecule has 2 heterocycles. The molecule has 0 saturated carbocycles. The van der Waals surface area contributed by atoms with E-state index in [9.17, 15) is 0 Å². The van der Waals surface area contributed by atoms with Gasteiger partial charge >= 0.3 is 0 Å². The lowest BCUT2D eigenvalue weighted by Crippen LogP contribution is -1.97. The van der Waals surface area contributed by atoms with Gasteiger partial charge in [-0.15, -0.1) is 10.2 Å². The highest BCUT2D eigenvalue weighted by Crippen LogP contribution is 2.12. The Balaban J connectivity index is 2.03. The number of tetrazole rings is 1. The van der Waals surface area contributed by atoms with Gasteiger partial charge in [-0.1, -0.05) is 0 Å². The fourth-order valence-electron chi connectivity index (χ4n) is 0.795. The average molecular weight is 140 g/mol. The molecule has 0 radical (unpaired) electrons. The SMILES string of the molecule is Cn1nnc(CC2CO2)n1. The first-order valence-corrected chi connectivity index (χ1v) is 3.19. The summed E-state index contributed by atoms with van der Waals surface area (Å²) < 4.78 is 5.00. The Labute approximate surface area is 58.0 Å². The molecule has 1 aliphatic rings. The Morgan fingerprint density at radius 2 is 2.60 bits per heavy atom. The third-order valence-electron chi connectivity index (χ3n) is 1.36.